The molecular weight excluding hydrogens is 223 g/mol. The van der Waals surface area contributed by atoms with Crippen LogP contribution < -0.4 is 5.32 Å². The second-order valence-corrected chi connectivity index (χ2v) is 4.04. The molecule has 5 heteroatoms. The van der Waals surface area contributed by atoms with Gasteiger partial charge < -0.3 is 10.2 Å². The zero-order valence-corrected chi connectivity index (χ0v) is 9.50. The zero-order chi connectivity index (χ0) is 12.4. The monoisotopic (exact) mass is 236 g/mol. The van der Waals surface area contributed by atoms with Crippen LogP contribution in [0, 0.1) is 12.7 Å². The molecule has 1 aliphatic heterocycles. The third-order valence-electron chi connectivity index (χ3n) is 2.74. The van der Waals surface area contributed by atoms with Crippen molar-refractivity contribution in [2.75, 3.05) is 19.6 Å². The van der Waals surface area contributed by atoms with Crippen LogP contribution in [0.1, 0.15) is 15.9 Å². The number of nitrogens with zero attached hydrogens (tertiary/aromatic N) is 1. The van der Waals surface area contributed by atoms with Gasteiger partial charge in [-0.2, -0.15) is 0 Å². The Labute approximate surface area is 98.4 Å². The van der Waals surface area contributed by atoms with Gasteiger partial charge in [-0.1, -0.05) is 6.07 Å². The van der Waals surface area contributed by atoms with Gasteiger partial charge in [-0.25, -0.2) is 4.39 Å². The highest BCUT2D eigenvalue weighted by Gasteiger charge is 2.22. The molecule has 0 unspecified atom stereocenters. The fourth-order valence-corrected chi connectivity index (χ4v) is 1.72. The Morgan fingerprint density at radius 2 is 2.24 bits per heavy atom. The van der Waals surface area contributed by atoms with Gasteiger partial charge in [-0.05, 0) is 24.6 Å². The number of aryl methyl sites for hydroxylation is 1. The number of hydrogen-bond acceptors (Lipinski definition) is 2. The standard InChI is InChI=1S/C12H13FN2O2/c1-8-2-3-9(6-10(8)13)12(17)15-5-4-14-11(16)7-15/h2-3,6H,4-5,7H2,1H3,(H,14,16). The lowest BCUT2D eigenvalue weighted by Crippen LogP contribution is -2.49. The van der Waals surface area contributed by atoms with Gasteiger partial charge in [0.25, 0.3) is 5.91 Å². The second-order valence-electron chi connectivity index (χ2n) is 4.04. The first-order valence-corrected chi connectivity index (χ1v) is 5.40. The van der Waals surface area contributed by atoms with Crippen LogP contribution in [0.4, 0.5) is 4.39 Å². The summed E-state index contributed by atoms with van der Waals surface area (Å²) in [7, 11) is 0. The summed E-state index contributed by atoms with van der Waals surface area (Å²) in [6, 6.07) is 4.35. The number of hydrogen-bond donors (Lipinski definition) is 1. The molecule has 0 bridgehead atoms. The van der Waals surface area contributed by atoms with Crippen molar-refractivity contribution in [2.45, 2.75) is 6.92 Å². The van der Waals surface area contributed by atoms with E-state index in [-0.39, 0.29) is 23.9 Å². The molecule has 17 heavy (non-hydrogen) atoms. The highest BCUT2D eigenvalue weighted by Crippen LogP contribution is 2.12. The first kappa shape index (κ1) is 11.6. The van der Waals surface area contributed by atoms with Crippen LogP contribution in [0.3, 0.4) is 0 Å². The van der Waals surface area contributed by atoms with E-state index in [1.807, 2.05) is 0 Å². The molecule has 1 fully saturated rings. The van der Waals surface area contributed by atoms with Gasteiger partial charge in [0, 0.05) is 18.7 Å². The van der Waals surface area contributed by atoms with Gasteiger partial charge in [-0.3, -0.25) is 9.59 Å². The van der Waals surface area contributed by atoms with Gasteiger partial charge in [0.15, 0.2) is 0 Å². The van der Waals surface area contributed by atoms with Crippen molar-refractivity contribution in [1.82, 2.24) is 10.2 Å². The molecule has 1 aromatic rings. The molecular formula is C12H13FN2O2. The predicted molar refractivity (Wildman–Crippen MR) is 60.1 cm³/mol. The Bertz CT molecular complexity index is 474. The summed E-state index contributed by atoms with van der Waals surface area (Å²) in [6.07, 6.45) is 0. The van der Waals surface area contributed by atoms with Gasteiger partial charge in [0.1, 0.15) is 5.82 Å². The number of nitrogens with one attached hydrogen (secondary N) is 1. The van der Waals surface area contributed by atoms with Crippen molar-refractivity contribution < 1.29 is 14.0 Å². The average Bonchev–Trinajstić information content (AvgIpc) is 2.32. The van der Waals surface area contributed by atoms with Crippen LogP contribution in [-0.4, -0.2) is 36.3 Å². The van der Waals surface area contributed by atoms with Crippen LogP contribution in [0.2, 0.25) is 0 Å². The molecule has 1 aromatic carbocycles. The number of amides is 2. The molecule has 1 heterocycles. The summed E-state index contributed by atoms with van der Waals surface area (Å²) in [4.78, 5) is 24.6. The van der Waals surface area contributed by atoms with Crippen molar-refractivity contribution in [3.8, 4) is 0 Å². The van der Waals surface area contributed by atoms with Crippen LogP contribution in [0.15, 0.2) is 18.2 Å². The summed E-state index contributed by atoms with van der Waals surface area (Å²) in [5.41, 5.74) is 0.778. The van der Waals surface area contributed by atoms with E-state index in [9.17, 15) is 14.0 Å². The zero-order valence-electron chi connectivity index (χ0n) is 9.50. The number of benzene rings is 1. The second kappa shape index (κ2) is 4.53. The van der Waals surface area contributed by atoms with Crippen LogP contribution in [0.25, 0.3) is 0 Å². The smallest absolute Gasteiger partial charge is 0.254 e. The summed E-state index contributed by atoms with van der Waals surface area (Å²) >= 11 is 0. The Morgan fingerprint density at radius 3 is 2.88 bits per heavy atom. The van der Waals surface area contributed by atoms with Crippen molar-refractivity contribution in [3.05, 3.63) is 35.1 Å². The minimum Gasteiger partial charge on any atom is -0.353 e. The number of rotatable bonds is 1. The molecule has 0 aliphatic carbocycles. The normalized spacial score (nSPS) is 15.6. The number of carbonyl (C=O) groups excluding carboxylic acids is 2. The molecule has 2 amide bonds. The molecule has 2 rings (SSSR count). The Hall–Kier alpha value is -1.91. The molecule has 1 saturated heterocycles. The lowest BCUT2D eigenvalue weighted by atomic mass is 10.1. The summed E-state index contributed by atoms with van der Waals surface area (Å²) in [5.74, 6) is -0.895. The first-order chi connectivity index (χ1) is 8.08. The van der Waals surface area contributed by atoms with Crippen molar-refractivity contribution in [1.29, 1.82) is 0 Å². The lowest BCUT2D eigenvalue weighted by Gasteiger charge is -2.26. The number of piperazine rings is 1. The lowest BCUT2D eigenvalue weighted by molar-refractivity contribution is -0.123. The minimum atomic E-state index is -0.405. The fourth-order valence-electron chi connectivity index (χ4n) is 1.72. The highest BCUT2D eigenvalue weighted by atomic mass is 19.1. The predicted octanol–water partition coefficient (Wildman–Crippen LogP) is 0.706. The van der Waals surface area contributed by atoms with Gasteiger partial charge in [-0.15, -0.1) is 0 Å². The van der Waals surface area contributed by atoms with E-state index in [0.29, 0.717) is 18.7 Å². The van der Waals surface area contributed by atoms with Gasteiger partial charge in [0.05, 0.1) is 6.54 Å². The average molecular weight is 236 g/mol. The Balaban J connectivity index is 2.18. The first-order valence-electron chi connectivity index (χ1n) is 5.40. The summed E-state index contributed by atoms with van der Waals surface area (Å²) in [6.45, 7) is 2.57. The Kier molecular flexibility index (Phi) is 3.08. The maximum atomic E-state index is 13.3. The minimum absolute atomic E-state index is 0.0360. The Morgan fingerprint density at radius 1 is 1.47 bits per heavy atom. The van der Waals surface area contributed by atoms with E-state index in [4.69, 9.17) is 0 Å². The van der Waals surface area contributed by atoms with Crippen molar-refractivity contribution in [3.63, 3.8) is 0 Å². The molecule has 1 N–H and O–H groups in total. The third-order valence-corrected chi connectivity index (χ3v) is 2.74. The van der Waals surface area contributed by atoms with Crippen LogP contribution >= 0.6 is 0 Å². The SMILES string of the molecule is Cc1ccc(C(=O)N2CCNC(=O)C2)cc1F. The largest absolute Gasteiger partial charge is 0.353 e. The molecule has 0 atom stereocenters. The van der Waals surface area contributed by atoms with E-state index in [2.05, 4.69) is 5.32 Å². The van der Waals surface area contributed by atoms with E-state index in [1.54, 1.807) is 19.1 Å². The van der Waals surface area contributed by atoms with Gasteiger partial charge in [0.2, 0.25) is 5.91 Å². The highest BCUT2D eigenvalue weighted by molar-refractivity contribution is 5.97. The molecule has 0 saturated carbocycles. The van der Waals surface area contributed by atoms with E-state index in [1.165, 1.54) is 11.0 Å². The summed E-state index contributed by atoms with van der Waals surface area (Å²) < 4.78 is 13.3. The number of carbonyl (C=O) groups is 2. The maximum absolute atomic E-state index is 13.3. The molecule has 0 aromatic heterocycles. The van der Waals surface area contributed by atoms with Crippen molar-refractivity contribution in [2.24, 2.45) is 0 Å². The summed E-state index contributed by atoms with van der Waals surface area (Å²) in [5, 5.41) is 2.63. The van der Waals surface area contributed by atoms with E-state index < -0.39 is 5.82 Å². The fraction of sp³-hybridized carbons (Fsp3) is 0.333. The molecule has 0 spiro atoms. The van der Waals surface area contributed by atoms with E-state index >= 15 is 0 Å². The molecule has 4 nitrogen and oxygen atoms in total. The molecule has 90 valence electrons. The maximum Gasteiger partial charge on any atom is 0.254 e. The topological polar surface area (TPSA) is 49.4 Å². The van der Waals surface area contributed by atoms with Gasteiger partial charge >= 0.3 is 0 Å². The molecule has 0 radical (unpaired) electrons. The van der Waals surface area contributed by atoms with E-state index in [0.717, 1.165) is 0 Å². The quantitative estimate of drug-likeness (QED) is 0.780. The van der Waals surface area contributed by atoms with Crippen LogP contribution in [0.5, 0.6) is 0 Å². The van der Waals surface area contributed by atoms with Crippen molar-refractivity contribution >= 4 is 11.8 Å². The van der Waals surface area contributed by atoms with Crippen LogP contribution in [-0.2, 0) is 4.79 Å². The molecule has 1 aliphatic rings. The third kappa shape index (κ3) is 2.43. The number of halogens is 1.